The average Bonchev–Trinajstić information content (AvgIpc) is 3.13. The van der Waals surface area contributed by atoms with Gasteiger partial charge >= 0.3 is 0 Å². The van der Waals surface area contributed by atoms with Gasteiger partial charge in [0.25, 0.3) is 0 Å². The van der Waals surface area contributed by atoms with E-state index in [1.54, 1.807) is 42.5 Å². The molecule has 0 atom stereocenters. The first-order chi connectivity index (χ1) is 27.1. The third kappa shape index (κ3) is 28.3. The number of hydrogen-bond acceptors (Lipinski definition) is 3. The summed E-state index contributed by atoms with van der Waals surface area (Å²) in [5.74, 6) is 0.267. The van der Waals surface area contributed by atoms with Gasteiger partial charge in [0.1, 0.15) is 17.2 Å². The Balaban J connectivity index is 0.000000782. The first-order valence-corrected chi connectivity index (χ1v) is 19.8. The minimum Gasteiger partial charge on any atom is -0.508 e. The van der Waals surface area contributed by atoms with Gasteiger partial charge in [0, 0.05) is 6.07 Å². The van der Waals surface area contributed by atoms with Crippen molar-refractivity contribution in [2.75, 3.05) is 0 Å². The van der Waals surface area contributed by atoms with E-state index in [1.807, 2.05) is 6.08 Å². The molecular formula is C54H68O3. The summed E-state index contributed by atoms with van der Waals surface area (Å²) in [6.45, 7) is 21.5. The molecule has 0 bridgehead atoms. The quantitative estimate of drug-likeness (QED) is 0.0805. The summed E-state index contributed by atoms with van der Waals surface area (Å²) in [5.41, 5.74) is 12.1. The molecule has 2 aromatic rings. The van der Waals surface area contributed by atoms with Crippen LogP contribution < -0.4 is 0 Å². The lowest BCUT2D eigenvalue weighted by atomic mass is 10.1. The highest BCUT2D eigenvalue weighted by Crippen LogP contribution is 2.22. The molecular weight excluding hydrogens is 697 g/mol. The molecule has 0 heterocycles. The summed E-state index contributed by atoms with van der Waals surface area (Å²) in [4.78, 5) is 0. The Hall–Kier alpha value is -5.80. The van der Waals surface area contributed by atoms with E-state index < -0.39 is 0 Å². The van der Waals surface area contributed by atoms with Crippen LogP contribution in [0.1, 0.15) is 106 Å². The average molecular weight is 765 g/mol. The van der Waals surface area contributed by atoms with Crippen molar-refractivity contribution in [1.82, 2.24) is 0 Å². The molecule has 0 aliphatic carbocycles. The molecule has 0 amide bonds. The predicted molar refractivity (Wildman–Crippen MR) is 252 cm³/mol. The predicted octanol–water partition coefficient (Wildman–Crippen LogP) is 15.9. The lowest BCUT2D eigenvalue weighted by molar-refractivity contribution is 0.450. The van der Waals surface area contributed by atoms with Crippen molar-refractivity contribution < 1.29 is 15.3 Å². The maximum absolute atomic E-state index is 9.30. The van der Waals surface area contributed by atoms with Crippen molar-refractivity contribution >= 4 is 12.2 Å². The zero-order valence-corrected chi connectivity index (χ0v) is 36.3. The standard InChI is InChI=1S/C40H56.C14H12O3/c1-33(2)19-13-23-37(7)27-17-31-39(9)29-15-25-35(5)21-11-12-22-36(6)26-16-30-40(10)32-18-28-38(8)24-14-20-34(3)4;15-12-5-3-10(4-6-12)1-2-11-7-13(16)9-14(17)8-11/h11-12,15-22,25-32H,13-14,23-24H2,1-10H3;1-9,15-17H/b12-11+,25-15+,26-16+,31-17+,32-18+,35-21+,36-22+,37-27+,38-28+,39-29+,40-30+;2-1+. The van der Waals surface area contributed by atoms with E-state index in [0.717, 1.165) is 31.2 Å². The first kappa shape index (κ1) is 49.2. The Morgan fingerprint density at radius 1 is 0.404 bits per heavy atom. The van der Waals surface area contributed by atoms with Crippen LogP contribution in [0.4, 0.5) is 0 Å². The van der Waals surface area contributed by atoms with Gasteiger partial charge in [-0.1, -0.05) is 178 Å². The molecule has 3 heteroatoms. The second-order valence-corrected chi connectivity index (χ2v) is 14.8. The summed E-state index contributed by atoms with van der Waals surface area (Å²) < 4.78 is 0. The number of phenols is 3. The molecule has 0 saturated carbocycles. The van der Waals surface area contributed by atoms with Gasteiger partial charge in [0.2, 0.25) is 0 Å². The van der Waals surface area contributed by atoms with E-state index in [1.165, 1.54) is 50.7 Å². The second-order valence-electron chi connectivity index (χ2n) is 14.8. The first-order valence-electron chi connectivity index (χ1n) is 19.8. The fourth-order valence-electron chi connectivity index (χ4n) is 4.90. The van der Waals surface area contributed by atoms with Crippen LogP contribution in [-0.2, 0) is 0 Å². The van der Waals surface area contributed by atoms with Gasteiger partial charge in [0.15, 0.2) is 0 Å². The molecule has 2 rings (SSSR count). The van der Waals surface area contributed by atoms with Crippen molar-refractivity contribution in [3.63, 3.8) is 0 Å². The number of allylic oxidation sites excluding steroid dienone is 26. The molecule has 0 aromatic heterocycles. The third-order valence-corrected chi connectivity index (χ3v) is 8.21. The molecule has 0 aliphatic rings. The van der Waals surface area contributed by atoms with E-state index in [4.69, 9.17) is 5.11 Å². The van der Waals surface area contributed by atoms with Crippen LogP contribution in [0.3, 0.4) is 0 Å². The SMILES string of the molecule is CC(C)=CCC/C(C)=C/C=C/C(C)=C/C=C/C(C)=C/C=C/C=C(C)/C=C/C=C(C)/C=C/C=C(\C)CCC=C(C)C.Oc1ccc(/C=C/c2cc(O)cc(O)c2)cc1. The van der Waals surface area contributed by atoms with Gasteiger partial charge in [-0.15, -0.1) is 0 Å². The molecule has 0 radical (unpaired) electrons. The van der Waals surface area contributed by atoms with Crippen LogP contribution in [0.25, 0.3) is 12.2 Å². The van der Waals surface area contributed by atoms with E-state index in [9.17, 15) is 10.2 Å². The molecule has 0 aliphatic heterocycles. The van der Waals surface area contributed by atoms with Gasteiger partial charge in [0.05, 0.1) is 0 Å². The van der Waals surface area contributed by atoms with Crippen LogP contribution in [-0.4, -0.2) is 15.3 Å². The summed E-state index contributed by atoms with van der Waals surface area (Å²) in [6.07, 6.45) is 46.9. The second kappa shape index (κ2) is 29.5. The van der Waals surface area contributed by atoms with E-state index in [2.05, 4.69) is 179 Å². The van der Waals surface area contributed by atoms with Gasteiger partial charge < -0.3 is 15.3 Å². The Kier molecular flexibility index (Phi) is 25.5. The molecule has 0 unspecified atom stereocenters. The van der Waals surface area contributed by atoms with E-state index in [0.29, 0.717) is 5.56 Å². The molecule has 2 aromatic carbocycles. The fourth-order valence-corrected chi connectivity index (χ4v) is 4.90. The van der Waals surface area contributed by atoms with Crippen molar-refractivity contribution in [3.8, 4) is 17.2 Å². The topological polar surface area (TPSA) is 60.7 Å². The Bertz CT molecular complexity index is 1850. The van der Waals surface area contributed by atoms with Gasteiger partial charge in [-0.25, -0.2) is 0 Å². The van der Waals surface area contributed by atoms with Gasteiger partial charge in [-0.2, -0.15) is 0 Å². The lowest BCUT2D eigenvalue weighted by Gasteiger charge is -1.98. The summed E-state index contributed by atoms with van der Waals surface area (Å²) >= 11 is 0. The minimum absolute atomic E-state index is 0.0235. The number of rotatable bonds is 18. The maximum atomic E-state index is 9.30. The Morgan fingerprint density at radius 2 is 0.754 bits per heavy atom. The number of hydrogen-bond donors (Lipinski definition) is 3. The highest BCUT2D eigenvalue weighted by Gasteiger charge is 1.96. The highest BCUT2D eigenvalue weighted by molar-refractivity contribution is 5.71. The van der Waals surface area contributed by atoms with Crippen LogP contribution in [0.5, 0.6) is 17.2 Å². The van der Waals surface area contributed by atoms with Crippen LogP contribution in [0.15, 0.2) is 196 Å². The Morgan fingerprint density at radius 3 is 1.14 bits per heavy atom. The highest BCUT2D eigenvalue weighted by atomic mass is 16.3. The van der Waals surface area contributed by atoms with E-state index >= 15 is 0 Å². The molecule has 0 spiro atoms. The summed E-state index contributed by atoms with van der Waals surface area (Å²) in [7, 11) is 0. The van der Waals surface area contributed by atoms with Crippen LogP contribution in [0.2, 0.25) is 0 Å². The minimum atomic E-state index is 0.0235. The van der Waals surface area contributed by atoms with Crippen molar-refractivity contribution in [2.24, 2.45) is 0 Å². The van der Waals surface area contributed by atoms with Crippen LogP contribution in [0, 0.1) is 0 Å². The maximum Gasteiger partial charge on any atom is 0.119 e. The number of benzene rings is 2. The number of aromatic hydroxyl groups is 3. The van der Waals surface area contributed by atoms with Crippen molar-refractivity contribution in [3.05, 3.63) is 208 Å². The third-order valence-electron chi connectivity index (χ3n) is 8.21. The zero-order valence-electron chi connectivity index (χ0n) is 36.3. The molecule has 302 valence electrons. The molecule has 3 nitrogen and oxygen atoms in total. The normalized spacial score (nSPS) is 13.8. The zero-order chi connectivity index (χ0) is 42.4. The summed E-state index contributed by atoms with van der Waals surface area (Å²) in [6, 6.07) is 11.1. The monoisotopic (exact) mass is 765 g/mol. The van der Waals surface area contributed by atoms with Gasteiger partial charge in [-0.05, 0) is 130 Å². The lowest BCUT2D eigenvalue weighted by Crippen LogP contribution is -1.76. The smallest absolute Gasteiger partial charge is 0.119 e. The van der Waals surface area contributed by atoms with Gasteiger partial charge in [-0.3, -0.25) is 0 Å². The van der Waals surface area contributed by atoms with Crippen LogP contribution >= 0.6 is 0 Å². The molecule has 0 saturated heterocycles. The van der Waals surface area contributed by atoms with Crippen molar-refractivity contribution in [2.45, 2.75) is 94.9 Å². The molecule has 0 fully saturated rings. The largest absolute Gasteiger partial charge is 0.508 e. The van der Waals surface area contributed by atoms with Crippen molar-refractivity contribution in [1.29, 1.82) is 0 Å². The molecule has 3 N–H and O–H groups in total. The summed E-state index contributed by atoms with van der Waals surface area (Å²) in [5, 5.41) is 27.7. The number of phenolic OH excluding ortho intramolecular Hbond substituents is 3. The molecule has 57 heavy (non-hydrogen) atoms. The Labute approximate surface area is 346 Å². The fraction of sp³-hybridized carbons (Fsp3) is 0.259. The van der Waals surface area contributed by atoms with E-state index in [-0.39, 0.29) is 17.2 Å².